The number of carbonyl (C=O) groups is 1. The van der Waals surface area contributed by atoms with Crippen molar-refractivity contribution in [1.29, 1.82) is 0 Å². The first-order valence-corrected chi connectivity index (χ1v) is 7.98. The maximum absolute atomic E-state index is 10.5. The van der Waals surface area contributed by atoms with Crippen LogP contribution in [0.2, 0.25) is 0 Å². The lowest BCUT2D eigenvalue weighted by atomic mass is 10.0. The summed E-state index contributed by atoms with van der Waals surface area (Å²) in [6.07, 6.45) is 12.7. The summed E-state index contributed by atoms with van der Waals surface area (Å²) >= 11 is 0. The zero-order valence-corrected chi connectivity index (χ0v) is 12.6. The van der Waals surface area contributed by atoms with Gasteiger partial charge in [0.25, 0.3) is 0 Å². The van der Waals surface area contributed by atoms with E-state index in [2.05, 4.69) is 41.7 Å². The van der Waals surface area contributed by atoms with Gasteiger partial charge in [-0.15, -0.1) is 0 Å². The number of hydrogen-bond donors (Lipinski definition) is 2. The van der Waals surface area contributed by atoms with Gasteiger partial charge in [0, 0.05) is 18.2 Å². The van der Waals surface area contributed by atoms with Crippen LogP contribution in [0.5, 0.6) is 0 Å². The highest BCUT2D eigenvalue weighted by Crippen LogP contribution is 2.17. The predicted molar refractivity (Wildman–Crippen MR) is 86.7 cm³/mol. The van der Waals surface area contributed by atoms with Crippen LogP contribution in [0.3, 0.4) is 0 Å². The van der Waals surface area contributed by atoms with Crippen molar-refractivity contribution < 1.29 is 9.90 Å². The third kappa shape index (κ3) is 6.03. The number of anilines is 1. The summed E-state index contributed by atoms with van der Waals surface area (Å²) in [6.45, 7) is 0. The van der Waals surface area contributed by atoms with E-state index in [1.165, 1.54) is 37.7 Å². The lowest BCUT2D eigenvalue weighted by Gasteiger charge is -2.18. The fourth-order valence-electron chi connectivity index (χ4n) is 2.71. The summed E-state index contributed by atoms with van der Waals surface area (Å²) in [4.78, 5) is 10.5. The molecule has 3 heteroatoms. The Bertz CT molecular complexity index is 465. The van der Waals surface area contributed by atoms with Gasteiger partial charge >= 0.3 is 5.97 Å². The number of nitrogens with one attached hydrogen (secondary N) is 1. The van der Waals surface area contributed by atoms with E-state index in [-0.39, 0.29) is 6.42 Å². The Hall–Kier alpha value is -1.77. The molecule has 1 aromatic carbocycles. The van der Waals surface area contributed by atoms with Gasteiger partial charge in [-0.1, -0.05) is 37.1 Å². The molecular formula is C18H25NO2. The first kappa shape index (κ1) is 15.6. The molecule has 0 heterocycles. The molecule has 21 heavy (non-hydrogen) atoms. The van der Waals surface area contributed by atoms with E-state index < -0.39 is 5.97 Å². The standard InChI is InChI=1S/C18H25NO2/c20-18(21)10-6-7-15-11-13-17(14-12-15)19-16-8-4-2-1-3-5-9-16/h4,8,11-14,16,19H,1-3,5-7,9-10H2,(H,20,21)/b8-4-. The zero-order chi connectivity index (χ0) is 14.9. The molecule has 1 aliphatic carbocycles. The molecule has 0 saturated carbocycles. The monoisotopic (exact) mass is 287 g/mol. The molecule has 0 bridgehead atoms. The second-order valence-corrected chi connectivity index (χ2v) is 5.76. The van der Waals surface area contributed by atoms with Crippen LogP contribution < -0.4 is 5.32 Å². The van der Waals surface area contributed by atoms with E-state index in [9.17, 15) is 4.79 Å². The van der Waals surface area contributed by atoms with Crippen LogP contribution in [0, 0.1) is 0 Å². The minimum absolute atomic E-state index is 0.243. The molecule has 2 N–H and O–H groups in total. The Kier molecular flexibility index (Phi) is 6.32. The Morgan fingerprint density at radius 2 is 2.00 bits per heavy atom. The highest BCUT2D eigenvalue weighted by Gasteiger charge is 2.06. The molecule has 2 rings (SSSR count). The number of aryl methyl sites for hydroxylation is 1. The lowest BCUT2D eigenvalue weighted by Crippen LogP contribution is -2.17. The van der Waals surface area contributed by atoms with Crippen LogP contribution in [-0.4, -0.2) is 17.1 Å². The number of rotatable bonds is 6. The van der Waals surface area contributed by atoms with Crippen molar-refractivity contribution in [1.82, 2.24) is 0 Å². The Balaban J connectivity index is 1.83. The van der Waals surface area contributed by atoms with Crippen LogP contribution in [-0.2, 0) is 11.2 Å². The van der Waals surface area contributed by atoms with Gasteiger partial charge in [-0.05, 0) is 49.8 Å². The molecule has 0 aliphatic heterocycles. The summed E-state index contributed by atoms with van der Waals surface area (Å²) in [5.41, 5.74) is 2.35. The van der Waals surface area contributed by atoms with Gasteiger partial charge in [-0.3, -0.25) is 4.79 Å². The van der Waals surface area contributed by atoms with Crippen molar-refractivity contribution in [3.05, 3.63) is 42.0 Å². The normalized spacial score (nSPS) is 20.3. The molecule has 0 fully saturated rings. The molecule has 1 aromatic rings. The van der Waals surface area contributed by atoms with Crippen molar-refractivity contribution in [3.63, 3.8) is 0 Å². The third-order valence-electron chi connectivity index (χ3n) is 3.92. The Morgan fingerprint density at radius 1 is 1.19 bits per heavy atom. The van der Waals surface area contributed by atoms with Gasteiger partial charge in [0.15, 0.2) is 0 Å². The molecule has 0 aromatic heterocycles. The summed E-state index contributed by atoms with van der Waals surface area (Å²) < 4.78 is 0. The highest BCUT2D eigenvalue weighted by molar-refractivity contribution is 5.66. The zero-order valence-electron chi connectivity index (χ0n) is 12.6. The molecular weight excluding hydrogens is 262 g/mol. The summed E-state index contributed by atoms with van der Waals surface area (Å²) in [6, 6.07) is 8.82. The number of carboxylic acids is 1. The molecule has 0 radical (unpaired) electrons. The van der Waals surface area contributed by atoms with E-state index >= 15 is 0 Å². The molecule has 1 atom stereocenters. The first-order chi connectivity index (χ1) is 10.2. The van der Waals surface area contributed by atoms with Crippen molar-refractivity contribution in [2.24, 2.45) is 0 Å². The topological polar surface area (TPSA) is 49.3 Å². The number of carboxylic acid groups (broad SMARTS) is 1. The van der Waals surface area contributed by atoms with Crippen molar-refractivity contribution >= 4 is 11.7 Å². The Labute approximate surface area is 127 Å². The molecule has 1 unspecified atom stereocenters. The van der Waals surface area contributed by atoms with Gasteiger partial charge in [-0.2, -0.15) is 0 Å². The van der Waals surface area contributed by atoms with E-state index in [1.54, 1.807) is 0 Å². The molecule has 0 spiro atoms. The highest BCUT2D eigenvalue weighted by atomic mass is 16.4. The largest absolute Gasteiger partial charge is 0.481 e. The fraction of sp³-hybridized carbons (Fsp3) is 0.500. The van der Waals surface area contributed by atoms with Gasteiger partial charge in [0.05, 0.1) is 0 Å². The minimum Gasteiger partial charge on any atom is -0.481 e. The van der Waals surface area contributed by atoms with E-state index in [0.29, 0.717) is 12.5 Å². The number of hydrogen-bond acceptors (Lipinski definition) is 2. The Morgan fingerprint density at radius 3 is 2.76 bits per heavy atom. The fourth-order valence-corrected chi connectivity index (χ4v) is 2.71. The van der Waals surface area contributed by atoms with Crippen LogP contribution in [0.25, 0.3) is 0 Å². The van der Waals surface area contributed by atoms with Crippen LogP contribution in [0.15, 0.2) is 36.4 Å². The van der Waals surface area contributed by atoms with Gasteiger partial charge < -0.3 is 10.4 Å². The van der Waals surface area contributed by atoms with Gasteiger partial charge in [0.2, 0.25) is 0 Å². The summed E-state index contributed by atoms with van der Waals surface area (Å²) in [7, 11) is 0. The molecule has 0 amide bonds. The maximum Gasteiger partial charge on any atom is 0.303 e. The van der Waals surface area contributed by atoms with Gasteiger partial charge in [-0.25, -0.2) is 0 Å². The third-order valence-corrected chi connectivity index (χ3v) is 3.92. The van der Waals surface area contributed by atoms with Crippen LogP contribution in [0.1, 0.15) is 50.5 Å². The quantitative estimate of drug-likeness (QED) is 0.763. The van der Waals surface area contributed by atoms with E-state index in [4.69, 9.17) is 5.11 Å². The van der Waals surface area contributed by atoms with Crippen molar-refractivity contribution in [3.8, 4) is 0 Å². The van der Waals surface area contributed by atoms with Crippen molar-refractivity contribution in [2.75, 3.05) is 5.32 Å². The molecule has 1 aliphatic rings. The average Bonchev–Trinajstić information content (AvgIpc) is 2.43. The number of benzene rings is 1. The van der Waals surface area contributed by atoms with Crippen molar-refractivity contribution in [2.45, 2.75) is 57.4 Å². The second kappa shape index (κ2) is 8.50. The van der Waals surface area contributed by atoms with E-state index in [1.807, 2.05) is 0 Å². The van der Waals surface area contributed by atoms with Crippen LogP contribution >= 0.6 is 0 Å². The maximum atomic E-state index is 10.5. The number of aliphatic carboxylic acids is 1. The number of allylic oxidation sites excluding steroid dienone is 1. The first-order valence-electron chi connectivity index (χ1n) is 7.98. The predicted octanol–water partition coefficient (Wildman–Crippen LogP) is 4.39. The molecule has 0 saturated heterocycles. The second-order valence-electron chi connectivity index (χ2n) is 5.76. The van der Waals surface area contributed by atoms with E-state index in [0.717, 1.165) is 12.1 Å². The SMILES string of the molecule is O=C(O)CCCc1ccc(NC2/C=C\CCCCC2)cc1. The lowest BCUT2D eigenvalue weighted by molar-refractivity contribution is -0.137. The van der Waals surface area contributed by atoms with Gasteiger partial charge in [0.1, 0.15) is 0 Å². The summed E-state index contributed by atoms with van der Waals surface area (Å²) in [5, 5.41) is 12.2. The average molecular weight is 287 g/mol. The molecule has 3 nitrogen and oxygen atoms in total. The summed E-state index contributed by atoms with van der Waals surface area (Å²) in [5.74, 6) is -0.718. The molecule has 114 valence electrons. The van der Waals surface area contributed by atoms with Crippen LogP contribution in [0.4, 0.5) is 5.69 Å². The smallest absolute Gasteiger partial charge is 0.303 e. The minimum atomic E-state index is -0.718.